The van der Waals surface area contributed by atoms with E-state index in [0.29, 0.717) is 0 Å². The maximum absolute atomic E-state index is 11.1. The molecule has 3 rings (SSSR count). The molecule has 1 saturated heterocycles. The molecule has 19 heavy (non-hydrogen) atoms. The van der Waals surface area contributed by atoms with Gasteiger partial charge in [-0.25, -0.2) is 0 Å². The van der Waals surface area contributed by atoms with Gasteiger partial charge in [-0.05, 0) is 43.1 Å². The van der Waals surface area contributed by atoms with Crippen LogP contribution in [0.5, 0.6) is 5.75 Å². The van der Waals surface area contributed by atoms with E-state index in [1.165, 1.54) is 18.4 Å². The van der Waals surface area contributed by atoms with Crippen molar-refractivity contribution in [3.63, 3.8) is 0 Å². The van der Waals surface area contributed by atoms with E-state index < -0.39 is 0 Å². The minimum atomic E-state index is 0.0906. The van der Waals surface area contributed by atoms with Crippen molar-refractivity contribution in [1.82, 2.24) is 4.90 Å². The van der Waals surface area contributed by atoms with Crippen LogP contribution in [0.3, 0.4) is 0 Å². The lowest BCUT2D eigenvalue weighted by molar-refractivity contribution is -0.113. The Morgan fingerprint density at radius 1 is 1.42 bits per heavy atom. The first kappa shape index (κ1) is 13.1. The maximum atomic E-state index is 11.1. The van der Waals surface area contributed by atoms with Gasteiger partial charge < -0.3 is 9.53 Å². The molecular weight excluding hydrogens is 306 g/mol. The molecule has 0 bridgehead atoms. The summed E-state index contributed by atoms with van der Waals surface area (Å²) in [5.41, 5.74) is 1.26. The van der Waals surface area contributed by atoms with Crippen molar-refractivity contribution < 1.29 is 9.53 Å². The van der Waals surface area contributed by atoms with Crippen LogP contribution in [0, 0.1) is 0 Å². The number of fused-ring (bicyclic) bond motifs is 1. The van der Waals surface area contributed by atoms with E-state index in [-0.39, 0.29) is 12.1 Å². The highest BCUT2D eigenvalue weighted by Crippen LogP contribution is 2.32. The van der Waals surface area contributed by atoms with Gasteiger partial charge in [0, 0.05) is 17.4 Å². The van der Waals surface area contributed by atoms with Crippen LogP contribution < -0.4 is 4.74 Å². The Bertz CT molecular complexity index is 477. The molecule has 0 aliphatic carbocycles. The molecule has 0 N–H and O–H groups in total. The van der Waals surface area contributed by atoms with Gasteiger partial charge in [0.2, 0.25) is 0 Å². The van der Waals surface area contributed by atoms with Gasteiger partial charge in [0.1, 0.15) is 18.1 Å². The van der Waals surface area contributed by atoms with E-state index in [1.54, 1.807) is 0 Å². The van der Waals surface area contributed by atoms with Crippen LogP contribution in [0.15, 0.2) is 22.7 Å². The third-order valence-electron chi connectivity index (χ3n) is 4.02. The minimum absolute atomic E-state index is 0.0906. The van der Waals surface area contributed by atoms with Crippen LogP contribution in [0.2, 0.25) is 0 Å². The molecule has 1 fully saturated rings. The van der Waals surface area contributed by atoms with Crippen molar-refractivity contribution >= 4 is 22.2 Å². The molecule has 0 aromatic heterocycles. The standard InChI is InChI=1S/C15H18BrNO2/c16-12-4-5-15-11(7-12)8-14(19-15)9-17-6-2-1-3-13(17)10-18/h4-5,7,10,13-14H,1-3,6,8-9H2. The quantitative estimate of drug-likeness (QED) is 0.801. The molecule has 2 aliphatic rings. The molecule has 3 nitrogen and oxygen atoms in total. The zero-order valence-corrected chi connectivity index (χ0v) is 12.4. The molecule has 2 atom stereocenters. The molecule has 0 spiro atoms. The summed E-state index contributed by atoms with van der Waals surface area (Å²) in [6.07, 6.45) is 5.57. The lowest BCUT2D eigenvalue weighted by Crippen LogP contribution is -2.45. The SMILES string of the molecule is O=CC1CCCCN1CC1Cc2cc(Br)ccc2O1. The van der Waals surface area contributed by atoms with Gasteiger partial charge in [-0.15, -0.1) is 0 Å². The summed E-state index contributed by atoms with van der Waals surface area (Å²) in [5.74, 6) is 0.993. The van der Waals surface area contributed by atoms with Crippen LogP contribution in [0.25, 0.3) is 0 Å². The number of aldehydes is 1. The summed E-state index contributed by atoms with van der Waals surface area (Å²) in [6, 6.07) is 6.25. The summed E-state index contributed by atoms with van der Waals surface area (Å²) < 4.78 is 7.08. The first-order valence-corrected chi connectivity index (χ1v) is 7.70. The third kappa shape index (κ3) is 2.84. The average molecular weight is 324 g/mol. The lowest BCUT2D eigenvalue weighted by Gasteiger charge is -2.33. The minimum Gasteiger partial charge on any atom is -0.488 e. The second-order valence-electron chi connectivity index (χ2n) is 5.39. The number of nitrogens with zero attached hydrogens (tertiary/aromatic N) is 1. The highest BCUT2D eigenvalue weighted by Gasteiger charge is 2.29. The smallest absolute Gasteiger partial charge is 0.137 e. The molecule has 0 saturated carbocycles. The fourth-order valence-electron chi connectivity index (χ4n) is 3.05. The molecule has 0 radical (unpaired) electrons. The van der Waals surface area contributed by atoms with Crippen molar-refractivity contribution in [1.29, 1.82) is 0 Å². The van der Waals surface area contributed by atoms with E-state index in [4.69, 9.17) is 4.74 Å². The molecular formula is C15H18BrNO2. The summed E-state index contributed by atoms with van der Waals surface area (Å²) in [6.45, 7) is 1.87. The predicted molar refractivity (Wildman–Crippen MR) is 77.5 cm³/mol. The fourth-order valence-corrected chi connectivity index (χ4v) is 3.46. The van der Waals surface area contributed by atoms with Crippen LogP contribution in [0.1, 0.15) is 24.8 Å². The van der Waals surface area contributed by atoms with Crippen molar-refractivity contribution in [2.75, 3.05) is 13.1 Å². The third-order valence-corrected chi connectivity index (χ3v) is 4.52. The zero-order valence-electron chi connectivity index (χ0n) is 10.8. The van der Waals surface area contributed by atoms with E-state index in [9.17, 15) is 4.79 Å². The summed E-state index contributed by atoms with van der Waals surface area (Å²) in [4.78, 5) is 13.4. The highest BCUT2D eigenvalue weighted by atomic mass is 79.9. The second-order valence-corrected chi connectivity index (χ2v) is 6.31. The number of benzene rings is 1. The number of hydrogen-bond acceptors (Lipinski definition) is 3. The van der Waals surface area contributed by atoms with E-state index in [2.05, 4.69) is 26.9 Å². The number of carbonyl (C=O) groups is 1. The largest absolute Gasteiger partial charge is 0.488 e. The number of ether oxygens (including phenoxy) is 1. The monoisotopic (exact) mass is 323 g/mol. The average Bonchev–Trinajstić information content (AvgIpc) is 2.80. The summed E-state index contributed by atoms with van der Waals surface area (Å²) in [7, 11) is 0. The van der Waals surface area contributed by atoms with Crippen LogP contribution >= 0.6 is 15.9 Å². The van der Waals surface area contributed by atoms with E-state index in [0.717, 1.165) is 42.4 Å². The maximum Gasteiger partial charge on any atom is 0.137 e. The molecule has 4 heteroatoms. The summed E-state index contributed by atoms with van der Waals surface area (Å²) in [5, 5.41) is 0. The van der Waals surface area contributed by atoms with E-state index in [1.807, 2.05) is 12.1 Å². The Balaban J connectivity index is 1.65. The van der Waals surface area contributed by atoms with Crippen molar-refractivity contribution in [3.8, 4) is 5.75 Å². The van der Waals surface area contributed by atoms with Gasteiger partial charge in [-0.2, -0.15) is 0 Å². The van der Waals surface area contributed by atoms with Gasteiger partial charge in [0.15, 0.2) is 0 Å². The topological polar surface area (TPSA) is 29.5 Å². The zero-order chi connectivity index (χ0) is 13.2. The number of hydrogen-bond donors (Lipinski definition) is 0. The van der Waals surface area contributed by atoms with Crippen molar-refractivity contribution in [2.24, 2.45) is 0 Å². The Morgan fingerprint density at radius 3 is 3.16 bits per heavy atom. The van der Waals surface area contributed by atoms with E-state index >= 15 is 0 Å². The molecule has 2 heterocycles. The van der Waals surface area contributed by atoms with Crippen LogP contribution in [-0.4, -0.2) is 36.4 Å². The Labute approximate surface area is 122 Å². The predicted octanol–water partition coefficient (Wildman–Crippen LogP) is 2.81. The van der Waals surface area contributed by atoms with Gasteiger partial charge in [-0.3, -0.25) is 4.90 Å². The number of halogens is 1. The number of rotatable bonds is 3. The Kier molecular flexibility index (Phi) is 3.89. The molecule has 2 unspecified atom stereocenters. The van der Waals surface area contributed by atoms with Crippen LogP contribution in [0.4, 0.5) is 0 Å². The normalized spacial score (nSPS) is 26.8. The summed E-state index contributed by atoms with van der Waals surface area (Å²) >= 11 is 3.49. The second kappa shape index (κ2) is 5.63. The first-order chi connectivity index (χ1) is 9.26. The van der Waals surface area contributed by atoms with Gasteiger partial charge in [0.25, 0.3) is 0 Å². The van der Waals surface area contributed by atoms with Gasteiger partial charge in [0.05, 0.1) is 6.04 Å². The number of carbonyl (C=O) groups excluding carboxylic acids is 1. The number of piperidine rings is 1. The van der Waals surface area contributed by atoms with Crippen LogP contribution in [-0.2, 0) is 11.2 Å². The fraction of sp³-hybridized carbons (Fsp3) is 0.533. The molecule has 2 aliphatic heterocycles. The molecule has 0 amide bonds. The highest BCUT2D eigenvalue weighted by molar-refractivity contribution is 9.10. The molecule has 102 valence electrons. The molecule has 1 aromatic rings. The Morgan fingerprint density at radius 2 is 2.32 bits per heavy atom. The van der Waals surface area contributed by atoms with Crippen molar-refractivity contribution in [3.05, 3.63) is 28.2 Å². The molecule has 1 aromatic carbocycles. The number of likely N-dealkylation sites (tertiary alicyclic amines) is 1. The Hall–Kier alpha value is -0.870. The van der Waals surface area contributed by atoms with Gasteiger partial charge >= 0.3 is 0 Å². The van der Waals surface area contributed by atoms with Gasteiger partial charge in [-0.1, -0.05) is 22.4 Å². The lowest BCUT2D eigenvalue weighted by atomic mass is 10.0. The first-order valence-electron chi connectivity index (χ1n) is 6.90. The van der Waals surface area contributed by atoms with Crippen molar-refractivity contribution in [2.45, 2.75) is 37.8 Å².